The molecule has 6 nitrogen and oxygen atoms in total. The van der Waals surface area contributed by atoms with Gasteiger partial charge in [0, 0.05) is 19.4 Å². The van der Waals surface area contributed by atoms with Gasteiger partial charge >= 0.3 is 5.97 Å². The summed E-state index contributed by atoms with van der Waals surface area (Å²) in [5.74, 6) is -0.731. The molecule has 3 N–H and O–H groups in total. The monoisotopic (exact) mass is 276 g/mol. The Morgan fingerprint density at radius 2 is 2.17 bits per heavy atom. The van der Waals surface area contributed by atoms with Crippen LogP contribution in [0.3, 0.4) is 0 Å². The van der Waals surface area contributed by atoms with Crippen LogP contribution in [0.5, 0.6) is 0 Å². The number of carboxylic acids is 1. The maximum Gasteiger partial charge on any atom is 0.327 e. The van der Waals surface area contributed by atoms with Crippen molar-refractivity contribution in [1.29, 1.82) is 0 Å². The number of thioether (sulfide) groups is 1. The van der Waals surface area contributed by atoms with Gasteiger partial charge in [-0.3, -0.25) is 4.79 Å². The van der Waals surface area contributed by atoms with E-state index >= 15 is 0 Å². The molecule has 0 aromatic carbocycles. The Labute approximate surface area is 111 Å². The van der Waals surface area contributed by atoms with Gasteiger partial charge in [-0.2, -0.15) is 0 Å². The highest BCUT2D eigenvalue weighted by Gasteiger charge is 2.44. The molecule has 0 bridgehead atoms. The molecule has 1 aliphatic heterocycles. The summed E-state index contributed by atoms with van der Waals surface area (Å²) < 4.78 is 5.01. The molecular weight excluding hydrogens is 256 g/mol. The third kappa shape index (κ3) is 2.96. The van der Waals surface area contributed by atoms with Crippen LogP contribution in [0.4, 0.5) is 0 Å². The van der Waals surface area contributed by atoms with Gasteiger partial charge in [0.1, 0.15) is 12.1 Å². The lowest BCUT2D eigenvalue weighted by molar-refractivity contribution is -0.154. The fourth-order valence-corrected chi connectivity index (χ4v) is 3.45. The molecule has 0 saturated carbocycles. The topological polar surface area (TPSA) is 92.9 Å². The molecular formula is C11H20N2O4S. The lowest BCUT2D eigenvalue weighted by Gasteiger charge is -2.32. The average molecular weight is 276 g/mol. The van der Waals surface area contributed by atoms with Crippen LogP contribution in [0.25, 0.3) is 0 Å². The summed E-state index contributed by atoms with van der Waals surface area (Å²) in [6, 6.07) is -0.793. The fraction of sp³-hybridized carbons (Fsp3) is 0.818. The molecule has 1 heterocycles. The molecule has 0 spiro atoms. The molecule has 0 radical (unpaired) electrons. The van der Waals surface area contributed by atoms with E-state index in [0.717, 1.165) is 0 Å². The predicted octanol–water partition coefficient (Wildman–Crippen LogP) is -0.0292. The van der Waals surface area contributed by atoms with Crippen molar-refractivity contribution in [2.45, 2.75) is 31.4 Å². The molecule has 1 aliphatic rings. The summed E-state index contributed by atoms with van der Waals surface area (Å²) in [5, 5.41) is 9.04. The van der Waals surface area contributed by atoms with E-state index in [1.165, 1.54) is 23.8 Å². The molecule has 1 amide bonds. The summed E-state index contributed by atoms with van der Waals surface area (Å²) in [4.78, 5) is 24.9. The second-order valence-electron chi connectivity index (χ2n) is 4.53. The summed E-state index contributed by atoms with van der Waals surface area (Å²) in [5.41, 5.74) is 5.47. The summed E-state index contributed by atoms with van der Waals surface area (Å²) >= 11 is 1.49. The molecule has 0 aromatic heterocycles. The van der Waals surface area contributed by atoms with Gasteiger partial charge in [0.25, 0.3) is 5.91 Å². The Kier molecular flexibility index (Phi) is 5.43. The molecule has 1 saturated heterocycles. The van der Waals surface area contributed by atoms with Crippen LogP contribution in [0.1, 0.15) is 13.8 Å². The maximum absolute atomic E-state index is 12.3. The zero-order valence-electron chi connectivity index (χ0n) is 10.8. The van der Waals surface area contributed by atoms with E-state index in [4.69, 9.17) is 10.5 Å². The van der Waals surface area contributed by atoms with Crippen LogP contribution in [0.2, 0.25) is 0 Å². The first kappa shape index (κ1) is 15.3. The Morgan fingerprint density at radius 1 is 1.56 bits per heavy atom. The smallest absolute Gasteiger partial charge is 0.327 e. The van der Waals surface area contributed by atoms with E-state index in [9.17, 15) is 14.7 Å². The number of rotatable bonds is 5. The normalized spacial score (nSPS) is 25.5. The van der Waals surface area contributed by atoms with Gasteiger partial charge in [-0.1, -0.05) is 13.8 Å². The average Bonchev–Trinajstić information content (AvgIpc) is 2.74. The van der Waals surface area contributed by atoms with Crippen LogP contribution >= 0.6 is 11.8 Å². The Balaban J connectivity index is 2.95. The molecule has 0 aromatic rings. The second-order valence-corrected chi connectivity index (χ2v) is 5.68. The number of aliphatic carboxylic acids is 1. The van der Waals surface area contributed by atoms with Gasteiger partial charge in [-0.25, -0.2) is 4.79 Å². The molecule has 1 fully saturated rings. The number of ether oxygens (including phenoxy) is 1. The first-order valence-corrected chi connectivity index (χ1v) is 6.88. The van der Waals surface area contributed by atoms with Gasteiger partial charge in [0.05, 0.1) is 5.37 Å². The van der Waals surface area contributed by atoms with Crippen LogP contribution in [-0.2, 0) is 14.3 Å². The van der Waals surface area contributed by atoms with E-state index in [2.05, 4.69) is 0 Å². The lowest BCUT2D eigenvalue weighted by atomic mass is 10.1. The van der Waals surface area contributed by atoms with Crippen LogP contribution in [0, 0.1) is 5.92 Å². The van der Waals surface area contributed by atoms with E-state index < -0.39 is 18.1 Å². The molecule has 104 valence electrons. The third-order valence-electron chi connectivity index (χ3n) is 2.92. The second kappa shape index (κ2) is 6.40. The fourth-order valence-electron chi connectivity index (χ4n) is 1.97. The Bertz CT molecular complexity index is 320. The number of amides is 1. The van der Waals surface area contributed by atoms with Crippen molar-refractivity contribution >= 4 is 23.6 Å². The van der Waals surface area contributed by atoms with Crippen LogP contribution < -0.4 is 5.73 Å². The van der Waals surface area contributed by atoms with E-state index in [0.29, 0.717) is 5.75 Å². The highest BCUT2D eigenvalue weighted by molar-refractivity contribution is 8.00. The highest BCUT2D eigenvalue weighted by Crippen LogP contribution is 2.34. The molecule has 3 unspecified atom stereocenters. The van der Waals surface area contributed by atoms with Crippen molar-refractivity contribution in [2.24, 2.45) is 11.7 Å². The first-order chi connectivity index (χ1) is 8.43. The van der Waals surface area contributed by atoms with Crippen molar-refractivity contribution in [1.82, 2.24) is 4.90 Å². The minimum atomic E-state index is -0.981. The zero-order chi connectivity index (χ0) is 13.9. The van der Waals surface area contributed by atoms with Crippen molar-refractivity contribution in [3.63, 3.8) is 0 Å². The zero-order valence-corrected chi connectivity index (χ0v) is 11.6. The minimum absolute atomic E-state index is 0.0493. The van der Waals surface area contributed by atoms with Crippen molar-refractivity contribution in [3.05, 3.63) is 0 Å². The molecule has 1 rings (SSSR count). The Hall–Kier alpha value is -0.790. The van der Waals surface area contributed by atoms with Gasteiger partial charge in [-0.15, -0.1) is 11.8 Å². The molecule has 0 aliphatic carbocycles. The summed E-state index contributed by atoms with van der Waals surface area (Å²) in [6.07, 6.45) is -0.771. The van der Waals surface area contributed by atoms with E-state index in [1.807, 2.05) is 13.8 Å². The first-order valence-electron chi connectivity index (χ1n) is 5.83. The number of carbonyl (C=O) groups is 2. The SMILES string of the molecule is COC(CN)C(=O)N1C(C(=O)O)CSC1C(C)C. The molecule has 18 heavy (non-hydrogen) atoms. The van der Waals surface area contributed by atoms with Gasteiger partial charge in [0.2, 0.25) is 0 Å². The molecule has 3 atom stereocenters. The Morgan fingerprint density at radius 3 is 2.56 bits per heavy atom. The van der Waals surface area contributed by atoms with E-state index in [1.54, 1.807) is 0 Å². The van der Waals surface area contributed by atoms with Crippen LogP contribution in [-0.4, -0.2) is 58.8 Å². The van der Waals surface area contributed by atoms with Gasteiger partial charge < -0.3 is 20.5 Å². The van der Waals surface area contributed by atoms with Gasteiger partial charge in [-0.05, 0) is 5.92 Å². The summed E-state index contributed by atoms with van der Waals surface area (Å²) in [6.45, 7) is 3.98. The van der Waals surface area contributed by atoms with Crippen molar-refractivity contribution < 1.29 is 19.4 Å². The quantitative estimate of drug-likeness (QED) is 0.732. The number of hydrogen-bond donors (Lipinski definition) is 2. The number of nitrogens with two attached hydrogens (primary N) is 1. The van der Waals surface area contributed by atoms with Gasteiger partial charge in [0.15, 0.2) is 0 Å². The predicted molar refractivity (Wildman–Crippen MR) is 69.2 cm³/mol. The number of hydrogen-bond acceptors (Lipinski definition) is 5. The number of nitrogens with zero attached hydrogens (tertiary/aromatic N) is 1. The van der Waals surface area contributed by atoms with Crippen molar-refractivity contribution in [3.8, 4) is 0 Å². The standard InChI is InChI=1S/C11H20N2O4S/c1-6(2)10-13(7(5-18-10)11(15)16)9(14)8(4-12)17-3/h6-8,10H,4-5,12H2,1-3H3,(H,15,16). The van der Waals surface area contributed by atoms with Crippen molar-refractivity contribution in [2.75, 3.05) is 19.4 Å². The number of carbonyl (C=O) groups excluding carboxylic acids is 1. The van der Waals surface area contributed by atoms with Crippen LogP contribution in [0.15, 0.2) is 0 Å². The largest absolute Gasteiger partial charge is 0.480 e. The number of methoxy groups -OCH3 is 1. The third-order valence-corrected chi connectivity index (χ3v) is 4.54. The number of carboxylic acid groups (broad SMARTS) is 1. The maximum atomic E-state index is 12.3. The summed E-state index contributed by atoms with van der Waals surface area (Å²) in [7, 11) is 1.40. The highest BCUT2D eigenvalue weighted by atomic mass is 32.2. The van der Waals surface area contributed by atoms with E-state index in [-0.39, 0.29) is 23.7 Å². The lowest BCUT2D eigenvalue weighted by Crippen LogP contribution is -2.52. The molecule has 7 heteroatoms. The minimum Gasteiger partial charge on any atom is -0.480 e.